The highest BCUT2D eigenvalue weighted by Crippen LogP contribution is 2.29. The maximum Gasteiger partial charge on any atom is 0.0345 e. The molecule has 1 aliphatic rings. The largest absolute Gasteiger partial charge is 0.327 e. The van der Waals surface area contributed by atoms with Gasteiger partial charge in [0.15, 0.2) is 0 Å². The molecule has 2 nitrogen and oxygen atoms in total. The number of hydrogen-bond donors (Lipinski definition) is 1. The highest BCUT2D eigenvalue weighted by molar-refractivity contribution is 9.10. The average Bonchev–Trinajstić information content (AvgIpc) is 2.37. The second-order valence-electron chi connectivity index (χ2n) is 5.40. The van der Waals surface area contributed by atoms with Crippen molar-refractivity contribution in [2.45, 2.75) is 38.8 Å². The molecule has 19 heavy (non-hydrogen) atoms. The standard InChI is InChI=1S/C15H23BrN2.ClH/c1-3-15(12-4-6-13(16)7-5-12)18-9-8-14(17)11(2)10-18;/h4-7,11,14-15H,3,8-10,17H2,1-2H3;1H. The van der Waals surface area contributed by atoms with Crippen LogP contribution in [0.3, 0.4) is 0 Å². The van der Waals surface area contributed by atoms with Crippen molar-refractivity contribution in [2.24, 2.45) is 11.7 Å². The van der Waals surface area contributed by atoms with Crippen LogP contribution in [0.5, 0.6) is 0 Å². The van der Waals surface area contributed by atoms with E-state index < -0.39 is 0 Å². The summed E-state index contributed by atoms with van der Waals surface area (Å²) in [4.78, 5) is 2.59. The Morgan fingerprint density at radius 1 is 1.37 bits per heavy atom. The molecule has 0 saturated carbocycles. The molecule has 0 amide bonds. The van der Waals surface area contributed by atoms with Gasteiger partial charge in [-0.2, -0.15) is 0 Å². The number of nitrogens with zero attached hydrogens (tertiary/aromatic N) is 1. The van der Waals surface area contributed by atoms with Crippen LogP contribution in [0.1, 0.15) is 38.3 Å². The fourth-order valence-electron chi connectivity index (χ4n) is 2.87. The summed E-state index contributed by atoms with van der Waals surface area (Å²) >= 11 is 3.50. The Labute approximate surface area is 131 Å². The predicted molar refractivity (Wildman–Crippen MR) is 87.8 cm³/mol. The summed E-state index contributed by atoms with van der Waals surface area (Å²) in [7, 11) is 0. The van der Waals surface area contributed by atoms with Gasteiger partial charge >= 0.3 is 0 Å². The molecule has 0 radical (unpaired) electrons. The SMILES string of the molecule is CCC(c1ccc(Br)cc1)N1CCC(N)C(C)C1.Cl. The first-order chi connectivity index (χ1) is 8.61. The summed E-state index contributed by atoms with van der Waals surface area (Å²) in [6.45, 7) is 6.78. The number of rotatable bonds is 3. The molecule has 1 saturated heterocycles. The van der Waals surface area contributed by atoms with Gasteiger partial charge in [-0.15, -0.1) is 12.4 Å². The predicted octanol–water partition coefficient (Wildman–Crippen LogP) is 3.99. The molecule has 0 spiro atoms. The molecule has 1 aliphatic heterocycles. The normalized spacial score (nSPS) is 25.7. The molecule has 0 aromatic heterocycles. The van der Waals surface area contributed by atoms with E-state index in [1.807, 2.05) is 0 Å². The van der Waals surface area contributed by atoms with Gasteiger partial charge in [0.1, 0.15) is 0 Å². The Hall–Kier alpha value is -0.0900. The van der Waals surface area contributed by atoms with Crippen molar-refractivity contribution >= 4 is 28.3 Å². The van der Waals surface area contributed by atoms with E-state index in [2.05, 4.69) is 58.9 Å². The number of hydrogen-bond acceptors (Lipinski definition) is 2. The Morgan fingerprint density at radius 2 is 2.00 bits per heavy atom. The van der Waals surface area contributed by atoms with Gasteiger partial charge in [-0.3, -0.25) is 4.90 Å². The zero-order valence-electron chi connectivity index (χ0n) is 11.7. The third kappa shape index (κ3) is 4.19. The average molecular weight is 348 g/mol. The smallest absolute Gasteiger partial charge is 0.0345 e. The van der Waals surface area contributed by atoms with Crippen LogP contribution >= 0.6 is 28.3 Å². The first-order valence-electron chi connectivity index (χ1n) is 6.87. The van der Waals surface area contributed by atoms with Crippen molar-refractivity contribution in [1.29, 1.82) is 0 Å². The molecule has 2 N–H and O–H groups in total. The van der Waals surface area contributed by atoms with Crippen molar-refractivity contribution in [2.75, 3.05) is 13.1 Å². The van der Waals surface area contributed by atoms with Crippen LogP contribution in [0.15, 0.2) is 28.7 Å². The van der Waals surface area contributed by atoms with Crippen LogP contribution in [-0.4, -0.2) is 24.0 Å². The number of piperidine rings is 1. The molecule has 0 bridgehead atoms. The van der Waals surface area contributed by atoms with Gasteiger partial charge in [0.2, 0.25) is 0 Å². The van der Waals surface area contributed by atoms with Gasteiger partial charge < -0.3 is 5.73 Å². The minimum atomic E-state index is 0. The van der Waals surface area contributed by atoms with Crippen LogP contribution in [-0.2, 0) is 0 Å². The Morgan fingerprint density at radius 3 is 2.53 bits per heavy atom. The zero-order chi connectivity index (χ0) is 13.1. The van der Waals surface area contributed by atoms with Crippen molar-refractivity contribution in [1.82, 2.24) is 4.90 Å². The second-order valence-corrected chi connectivity index (χ2v) is 6.32. The van der Waals surface area contributed by atoms with Crippen molar-refractivity contribution in [3.63, 3.8) is 0 Å². The van der Waals surface area contributed by atoms with Crippen molar-refractivity contribution in [3.8, 4) is 0 Å². The van der Waals surface area contributed by atoms with E-state index in [0.29, 0.717) is 18.0 Å². The van der Waals surface area contributed by atoms with Crippen LogP contribution in [0.4, 0.5) is 0 Å². The number of nitrogens with two attached hydrogens (primary N) is 1. The molecular weight excluding hydrogens is 324 g/mol. The van der Waals surface area contributed by atoms with E-state index in [9.17, 15) is 0 Å². The first-order valence-corrected chi connectivity index (χ1v) is 7.66. The fourth-order valence-corrected chi connectivity index (χ4v) is 3.13. The third-order valence-electron chi connectivity index (χ3n) is 4.09. The van der Waals surface area contributed by atoms with Crippen LogP contribution in [0, 0.1) is 5.92 Å². The highest BCUT2D eigenvalue weighted by atomic mass is 79.9. The molecule has 3 atom stereocenters. The number of halogens is 2. The third-order valence-corrected chi connectivity index (χ3v) is 4.61. The number of likely N-dealkylation sites (tertiary alicyclic amines) is 1. The summed E-state index contributed by atoms with van der Waals surface area (Å²) in [5.41, 5.74) is 7.53. The van der Waals surface area contributed by atoms with Crippen LogP contribution < -0.4 is 5.73 Å². The molecule has 3 unspecified atom stereocenters. The van der Waals surface area contributed by atoms with Crippen molar-refractivity contribution < 1.29 is 0 Å². The molecule has 1 fully saturated rings. The summed E-state index contributed by atoms with van der Waals surface area (Å²) in [6.07, 6.45) is 2.28. The molecule has 108 valence electrons. The van der Waals surface area contributed by atoms with Gasteiger partial charge in [0.05, 0.1) is 0 Å². The molecule has 2 rings (SSSR count). The molecule has 4 heteroatoms. The van der Waals surface area contributed by atoms with Crippen LogP contribution in [0.2, 0.25) is 0 Å². The van der Waals surface area contributed by atoms with E-state index in [0.717, 1.165) is 30.4 Å². The molecule has 1 heterocycles. The second kappa shape index (κ2) is 7.63. The van der Waals surface area contributed by atoms with Crippen molar-refractivity contribution in [3.05, 3.63) is 34.3 Å². The molecule has 1 aromatic carbocycles. The first kappa shape index (κ1) is 17.0. The number of benzene rings is 1. The van der Waals surface area contributed by atoms with Gasteiger partial charge in [0, 0.05) is 29.6 Å². The maximum absolute atomic E-state index is 6.11. The lowest BCUT2D eigenvalue weighted by Crippen LogP contribution is -2.47. The Kier molecular flexibility index (Phi) is 6.81. The van der Waals surface area contributed by atoms with Gasteiger partial charge in [-0.1, -0.05) is 41.9 Å². The lowest BCUT2D eigenvalue weighted by Gasteiger charge is -2.40. The summed E-state index contributed by atoms with van der Waals surface area (Å²) in [5.74, 6) is 0.600. The molecule has 0 aliphatic carbocycles. The Bertz CT molecular complexity index is 382. The molecule has 1 aromatic rings. The Balaban J connectivity index is 0.00000180. The maximum atomic E-state index is 6.11. The van der Waals surface area contributed by atoms with Gasteiger partial charge in [0.25, 0.3) is 0 Å². The lowest BCUT2D eigenvalue weighted by atomic mass is 9.91. The minimum absolute atomic E-state index is 0. The lowest BCUT2D eigenvalue weighted by molar-refractivity contribution is 0.113. The summed E-state index contributed by atoms with van der Waals surface area (Å²) in [5, 5.41) is 0. The minimum Gasteiger partial charge on any atom is -0.327 e. The van der Waals surface area contributed by atoms with Crippen LogP contribution in [0.25, 0.3) is 0 Å². The van der Waals surface area contributed by atoms with Gasteiger partial charge in [-0.25, -0.2) is 0 Å². The summed E-state index contributed by atoms with van der Waals surface area (Å²) < 4.78 is 1.15. The summed E-state index contributed by atoms with van der Waals surface area (Å²) in [6, 6.07) is 9.65. The van der Waals surface area contributed by atoms with E-state index in [1.54, 1.807) is 0 Å². The monoisotopic (exact) mass is 346 g/mol. The molecular formula is C15H24BrClN2. The fraction of sp³-hybridized carbons (Fsp3) is 0.600. The van der Waals surface area contributed by atoms with E-state index in [1.165, 1.54) is 5.56 Å². The van der Waals surface area contributed by atoms with Gasteiger partial charge in [-0.05, 0) is 36.5 Å². The highest BCUT2D eigenvalue weighted by Gasteiger charge is 2.27. The topological polar surface area (TPSA) is 29.3 Å². The van der Waals surface area contributed by atoms with E-state index in [4.69, 9.17) is 5.73 Å². The van der Waals surface area contributed by atoms with E-state index in [-0.39, 0.29) is 12.4 Å². The zero-order valence-corrected chi connectivity index (χ0v) is 14.1. The quantitative estimate of drug-likeness (QED) is 0.895. The van der Waals surface area contributed by atoms with E-state index >= 15 is 0 Å².